The molecular weight excluding hydrogens is 284 g/mol. The molecule has 3 nitrogen and oxygen atoms in total. The van der Waals surface area contributed by atoms with Gasteiger partial charge in [0, 0.05) is 17.3 Å². The number of hydrogen-bond donors (Lipinski definition) is 1. The standard InChI is InChI=1S/C20H26N2O/c1-14-13-19(20(23)21-15(14)2)18-9-7-17(8-10-18)16(3)22-11-5-4-6-12-22/h7-10,13,16H,4-6,11-12H2,1-3H3,(H,21,23). The largest absolute Gasteiger partial charge is 0.326 e. The van der Waals surface area contributed by atoms with Gasteiger partial charge in [-0.05, 0) is 69.5 Å². The van der Waals surface area contributed by atoms with E-state index >= 15 is 0 Å². The maximum Gasteiger partial charge on any atom is 0.256 e. The molecule has 1 aliphatic heterocycles. The SMILES string of the molecule is Cc1cc(-c2ccc(C(C)N3CCCCC3)cc2)c(=O)[nH]c1C. The van der Waals surface area contributed by atoms with Crippen molar-refractivity contribution in [3.8, 4) is 11.1 Å². The van der Waals surface area contributed by atoms with Gasteiger partial charge in [-0.3, -0.25) is 9.69 Å². The van der Waals surface area contributed by atoms with Gasteiger partial charge in [0.1, 0.15) is 0 Å². The molecule has 0 aliphatic carbocycles. The Balaban J connectivity index is 1.84. The molecule has 2 aromatic rings. The lowest BCUT2D eigenvalue weighted by Crippen LogP contribution is -2.32. The highest BCUT2D eigenvalue weighted by Crippen LogP contribution is 2.26. The van der Waals surface area contributed by atoms with Gasteiger partial charge < -0.3 is 4.98 Å². The molecule has 3 rings (SSSR count). The van der Waals surface area contributed by atoms with E-state index in [-0.39, 0.29) is 5.56 Å². The summed E-state index contributed by atoms with van der Waals surface area (Å²) in [5, 5.41) is 0. The molecule has 2 heterocycles. The van der Waals surface area contributed by atoms with Gasteiger partial charge in [-0.1, -0.05) is 30.7 Å². The monoisotopic (exact) mass is 310 g/mol. The van der Waals surface area contributed by atoms with Crippen LogP contribution in [0.1, 0.15) is 49.0 Å². The Morgan fingerprint density at radius 3 is 2.35 bits per heavy atom. The second-order valence-corrected chi connectivity index (χ2v) is 6.71. The first-order valence-electron chi connectivity index (χ1n) is 8.61. The Hall–Kier alpha value is -1.87. The van der Waals surface area contributed by atoms with E-state index in [1.165, 1.54) is 37.9 Å². The van der Waals surface area contributed by atoms with Gasteiger partial charge in [0.2, 0.25) is 0 Å². The molecule has 0 amide bonds. The fourth-order valence-electron chi connectivity index (χ4n) is 3.40. The summed E-state index contributed by atoms with van der Waals surface area (Å²) < 4.78 is 0. The van der Waals surface area contributed by atoms with E-state index < -0.39 is 0 Å². The van der Waals surface area contributed by atoms with Gasteiger partial charge in [0.25, 0.3) is 5.56 Å². The van der Waals surface area contributed by atoms with E-state index in [4.69, 9.17) is 0 Å². The molecule has 3 heteroatoms. The molecule has 1 unspecified atom stereocenters. The van der Waals surface area contributed by atoms with Gasteiger partial charge in [-0.15, -0.1) is 0 Å². The number of benzene rings is 1. The summed E-state index contributed by atoms with van der Waals surface area (Å²) >= 11 is 0. The minimum Gasteiger partial charge on any atom is -0.326 e. The number of aromatic amines is 1. The van der Waals surface area contributed by atoms with Crippen LogP contribution in [0.25, 0.3) is 11.1 Å². The molecule has 1 N–H and O–H groups in total. The minimum absolute atomic E-state index is 0.00933. The molecule has 0 bridgehead atoms. The van der Waals surface area contributed by atoms with Crippen LogP contribution in [0.3, 0.4) is 0 Å². The lowest BCUT2D eigenvalue weighted by molar-refractivity contribution is 0.175. The van der Waals surface area contributed by atoms with E-state index in [1.54, 1.807) is 0 Å². The molecule has 23 heavy (non-hydrogen) atoms. The highest BCUT2D eigenvalue weighted by molar-refractivity contribution is 5.63. The number of piperidine rings is 1. The number of aromatic nitrogens is 1. The summed E-state index contributed by atoms with van der Waals surface area (Å²) in [4.78, 5) is 17.7. The maximum atomic E-state index is 12.2. The van der Waals surface area contributed by atoms with Crippen molar-refractivity contribution in [2.75, 3.05) is 13.1 Å². The Kier molecular flexibility index (Phi) is 4.67. The number of hydrogen-bond acceptors (Lipinski definition) is 2. The molecule has 1 fully saturated rings. The highest BCUT2D eigenvalue weighted by Gasteiger charge is 2.18. The van der Waals surface area contributed by atoms with Crippen molar-refractivity contribution in [1.82, 2.24) is 9.88 Å². The van der Waals surface area contributed by atoms with Crippen molar-refractivity contribution in [1.29, 1.82) is 0 Å². The average Bonchev–Trinajstić information content (AvgIpc) is 2.58. The maximum absolute atomic E-state index is 12.2. The molecule has 1 atom stereocenters. The van der Waals surface area contributed by atoms with Crippen LogP contribution in [-0.4, -0.2) is 23.0 Å². The van der Waals surface area contributed by atoms with E-state index in [9.17, 15) is 4.79 Å². The molecule has 1 aromatic heterocycles. The zero-order valence-electron chi connectivity index (χ0n) is 14.4. The van der Waals surface area contributed by atoms with Crippen molar-refractivity contribution in [3.63, 3.8) is 0 Å². The molecule has 1 saturated heterocycles. The van der Waals surface area contributed by atoms with Crippen molar-refractivity contribution in [2.45, 2.75) is 46.1 Å². The van der Waals surface area contributed by atoms with Gasteiger partial charge in [-0.2, -0.15) is 0 Å². The normalized spacial score (nSPS) is 17.2. The second-order valence-electron chi connectivity index (χ2n) is 6.71. The summed E-state index contributed by atoms with van der Waals surface area (Å²) in [6, 6.07) is 10.9. The third-order valence-corrected chi connectivity index (χ3v) is 5.14. The molecule has 0 radical (unpaired) electrons. The molecule has 1 aromatic carbocycles. The molecule has 1 aliphatic rings. The minimum atomic E-state index is -0.00933. The van der Waals surface area contributed by atoms with Gasteiger partial charge >= 0.3 is 0 Å². The second kappa shape index (κ2) is 6.71. The van der Waals surface area contributed by atoms with Crippen LogP contribution in [-0.2, 0) is 0 Å². The smallest absolute Gasteiger partial charge is 0.256 e. The Morgan fingerprint density at radius 1 is 1.04 bits per heavy atom. The molecule has 0 spiro atoms. The first-order valence-corrected chi connectivity index (χ1v) is 8.61. The van der Waals surface area contributed by atoms with Crippen LogP contribution in [0.2, 0.25) is 0 Å². The predicted octanol–water partition coefficient (Wildman–Crippen LogP) is 4.21. The van der Waals surface area contributed by atoms with Crippen molar-refractivity contribution >= 4 is 0 Å². The third-order valence-electron chi connectivity index (χ3n) is 5.14. The zero-order chi connectivity index (χ0) is 16.4. The van der Waals surface area contributed by atoms with Crippen molar-refractivity contribution in [3.05, 3.63) is 57.5 Å². The topological polar surface area (TPSA) is 36.1 Å². The van der Waals surface area contributed by atoms with Crippen LogP contribution < -0.4 is 5.56 Å². The molecule has 122 valence electrons. The van der Waals surface area contributed by atoms with Crippen LogP contribution in [0.5, 0.6) is 0 Å². The number of pyridine rings is 1. The highest BCUT2D eigenvalue weighted by atomic mass is 16.1. The molecule has 0 saturated carbocycles. The van der Waals surface area contributed by atoms with E-state index in [2.05, 4.69) is 41.1 Å². The van der Waals surface area contributed by atoms with Crippen LogP contribution in [0, 0.1) is 13.8 Å². The number of rotatable bonds is 3. The number of likely N-dealkylation sites (tertiary alicyclic amines) is 1. The fraction of sp³-hybridized carbons (Fsp3) is 0.450. The lowest BCUT2D eigenvalue weighted by atomic mass is 9.99. The fourth-order valence-corrected chi connectivity index (χ4v) is 3.40. The summed E-state index contributed by atoms with van der Waals surface area (Å²) in [6.07, 6.45) is 3.97. The van der Waals surface area contributed by atoms with Crippen LogP contribution in [0.4, 0.5) is 0 Å². The first kappa shape index (κ1) is 16.0. The quantitative estimate of drug-likeness (QED) is 0.922. The molecular formula is C20H26N2O. The Morgan fingerprint density at radius 2 is 1.70 bits per heavy atom. The lowest BCUT2D eigenvalue weighted by Gasteiger charge is -2.32. The predicted molar refractivity (Wildman–Crippen MR) is 95.8 cm³/mol. The third kappa shape index (κ3) is 3.40. The Bertz CT molecular complexity index is 724. The number of H-pyrrole nitrogens is 1. The van der Waals surface area contributed by atoms with Gasteiger partial charge in [-0.25, -0.2) is 0 Å². The number of nitrogens with one attached hydrogen (secondary N) is 1. The summed E-state index contributed by atoms with van der Waals surface area (Å²) in [6.45, 7) is 8.63. The summed E-state index contributed by atoms with van der Waals surface area (Å²) in [5.74, 6) is 0. The first-order chi connectivity index (χ1) is 11.1. The Labute approximate surface area is 138 Å². The summed E-state index contributed by atoms with van der Waals surface area (Å²) in [7, 11) is 0. The van der Waals surface area contributed by atoms with Crippen LogP contribution >= 0.6 is 0 Å². The van der Waals surface area contributed by atoms with Crippen molar-refractivity contribution in [2.24, 2.45) is 0 Å². The van der Waals surface area contributed by atoms with E-state index in [0.29, 0.717) is 6.04 Å². The van der Waals surface area contributed by atoms with Gasteiger partial charge in [0.15, 0.2) is 0 Å². The average molecular weight is 310 g/mol. The summed E-state index contributed by atoms with van der Waals surface area (Å²) in [5.41, 5.74) is 5.12. The van der Waals surface area contributed by atoms with Crippen molar-refractivity contribution < 1.29 is 0 Å². The van der Waals surface area contributed by atoms with Gasteiger partial charge in [0.05, 0.1) is 0 Å². The van der Waals surface area contributed by atoms with Crippen LogP contribution in [0.15, 0.2) is 35.1 Å². The van der Waals surface area contributed by atoms with E-state index in [1.807, 2.05) is 19.9 Å². The number of aryl methyl sites for hydroxylation is 2. The number of nitrogens with zero attached hydrogens (tertiary/aromatic N) is 1. The van der Waals surface area contributed by atoms with E-state index in [0.717, 1.165) is 22.4 Å². The zero-order valence-corrected chi connectivity index (χ0v) is 14.4.